The number of hydrogen-bond donors (Lipinski definition) is 0. The van der Waals surface area contributed by atoms with Crippen LogP contribution in [0.1, 0.15) is 26.2 Å². The lowest BCUT2D eigenvalue weighted by molar-refractivity contribution is 0.0161. The molecule has 0 bridgehead atoms. The van der Waals surface area contributed by atoms with E-state index in [1.165, 1.54) is 19.3 Å². The van der Waals surface area contributed by atoms with Gasteiger partial charge in [0.25, 0.3) is 0 Å². The maximum atomic E-state index is 5.87. The molecule has 0 amide bonds. The maximum Gasteiger partial charge on any atom is 0.138 e. The fourth-order valence-electron chi connectivity index (χ4n) is 2.87. The minimum Gasteiger partial charge on any atom is -0.379 e. The molecule has 0 aromatic carbocycles. The summed E-state index contributed by atoms with van der Waals surface area (Å²) in [5.74, 6) is 0.761. The highest BCUT2D eigenvalue weighted by molar-refractivity contribution is 5.06. The van der Waals surface area contributed by atoms with Crippen LogP contribution in [0.4, 0.5) is 0 Å². The third-order valence-corrected chi connectivity index (χ3v) is 4.05. The topological polar surface area (TPSA) is 25.0 Å². The second kappa shape index (κ2) is 4.47. The summed E-state index contributed by atoms with van der Waals surface area (Å²) < 4.78 is 11.2. The van der Waals surface area contributed by atoms with Crippen LogP contribution in [0, 0.1) is 5.92 Å². The zero-order valence-corrected chi connectivity index (χ0v) is 10.0. The molecule has 16 heavy (non-hydrogen) atoms. The van der Waals surface area contributed by atoms with E-state index in [4.69, 9.17) is 9.47 Å². The highest BCUT2D eigenvalue weighted by atomic mass is 16.6. The van der Waals surface area contributed by atoms with Gasteiger partial charge in [-0.3, -0.25) is 4.90 Å². The standard InChI is InChI=1S/C13H21NO2/c1-10-2-4-11(5-3-10)12-13(16-12)14-6-8-15-9-7-14/h2,11-13H,3-9H2,1H3. The lowest BCUT2D eigenvalue weighted by Gasteiger charge is -2.26. The monoisotopic (exact) mass is 223 g/mol. The maximum absolute atomic E-state index is 5.87. The Morgan fingerprint density at radius 2 is 2.12 bits per heavy atom. The van der Waals surface area contributed by atoms with Crippen LogP contribution in [0.2, 0.25) is 0 Å². The van der Waals surface area contributed by atoms with E-state index in [0.717, 1.165) is 32.2 Å². The minimum absolute atomic E-state index is 0.403. The van der Waals surface area contributed by atoms with Gasteiger partial charge in [0.05, 0.1) is 13.2 Å². The summed E-state index contributed by atoms with van der Waals surface area (Å²) in [4.78, 5) is 2.44. The first-order valence-electron chi connectivity index (χ1n) is 6.47. The van der Waals surface area contributed by atoms with Crippen LogP contribution in [-0.4, -0.2) is 43.5 Å². The number of ether oxygens (including phenoxy) is 2. The Kier molecular flexibility index (Phi) is 3.01. The van der Waals surface area contributed by atoms with Gasteiger partial charge in [-0.1, -0.05) is 11.6 Å². The van der Waals surface area contributed by atoms with E-state index in [-0.39, 0.29) is 0 Å². The van der Waals surface area contributed by atoms with Gasteiger partial charge < -0.3 is 9.47 Å². The zero-order valence-electron chi connectivity index (χ0n) is 10.0. The zero-order chi connectivity index (χ0) is 11.0. The average molecular weight is 223 g/mol. The number of nitrogens with zero attached hydrogens (tertiary/aromatic N) is 1. The quantitative estimate of drug-likeness (QED) is 0.527. The predicted molar refractivity (Wildman–Crippen MR) is 62.2 cm³/mol. The first-order chi connectivity index (χ1) is 7.84. The summed E-state index contributed by atoms with van der Waals surface area (Å²) in [7, 11) is 0. The number of rotatable bonds is 2. The van der Waals surface area contributed by atoms with Crippen LogP contribution in [0.3, 0.4) is 0 Å². The van der Waals surface area contributed by atoms with Gasteiger partial charge in [0.2, 0.25) is 0 Å². The molecule has 0 N–H and O–H groups in total. The number of allylic oxidation sites excluding steroid dienone is 2. The normalized spacial score (nSPS) is 40.6. The largest absolute Gasteiger partial charge is 0.379 e. The van der Waals surface area contributed by atoms with Crippen LogP contribution in [-0.2, 0) is 9.47 Å². The summed E-state index contributed by atoms with van der Waals surface area (Å²) in [6.07, 6.45) is 7.10. The van der Waals surface area contributed by atoms with Gasteiger partial charge in [0.1, 0.15) is 12.3 Å². The molecule has 3 heteroatoms. The molecular weight excluding hydrogens is 202 g/mol. The van der Waals surface area contributed by atoms with Gasteiger partial charge >= 0.3 is 0 Å². The third-order valence-electron chi connectivity index (χ3n) is 4.05. The van der Waals surface area contributed by atoms with E-state index in [2.05, 4.69) is 17.9 Å². The lowest BCUT2D eigenvalue weighted by atomic mass is 9.87. The molecule has 2 fully saturated rings. The highest BCUT2D eigenvalue weighted by Crippen LogP contribution is 2.39. The van der Waals surface area contributed by atoms with Gasteiger partial charge in [0.15, 0.2) is 0 Å². The second-order valence-corrected chi connectivity index (χ2v) is 5.22. The Hall–Kier alpha value is -0.380. The molecule has 0 saturated carbocycles. The van der Waals surface area contributed by atoms with E-state index in [1.807, 2.05) is 0 Å². The van der Waals surface area contributed by atoms with Crippen molar-refractivity contribution in [1.82, 2.24) is 4.90 Å². The Bertz CT molecular complexity index is 284. The second-order valence-electron chi connectivity index (χ2n) is 5.22. The molecule has 90 valence electrons. The molecule has 0 aromatic rings. The van der Waals surface area contributed by atoms with Crippen LogP contribution >= 0.6 is 0 Å². The average Bonchev–Trinajstić information content (AvgIpc) is 3.11. The van der Waals surface area contributed by atoms with Crippen molar-refractivity contribution in [3.63, 3.8) is 0 Å². The fraction of sp³-hybridized carbons (Fsp3) is 0.846. The number of morpholine rings is 1. The smallest absolute Gasteiger partial charge is 0.138 e. The van der Waals surface area contributed by atoms with Gasteiger partial charge in [-0.05, 0) is 32.1 Å². The van der Waals surface area contributed by atoms with Gasteiger partial charge in [-0.2, -0.15) is 0 Å². The van der Waals surface area contributed by atoms with Gasteiger partial charge in [0, 0.05) is 13.1 Å². The van der Waals surface area contributed by atoms with Gasteiger partial charge in [-0.25, -0.2) is 0 Å². The predicted octanol–water partition coefficient (Wildman–Crippen LogP) is 1.79. The first kappa shape index (κ1) is 10.8. The molecule has 2 saturated heterocycles. The van der Waals surface area contributed by atoms with E-state index < -0.39 is 0 Å². The molecule has 1 aliphatic carbocycles. The van der Waals surface area contributed by atoms with Crippen LogP contribution in [0.5, 0.6) is 0 Å². The Morgan fingerprint density at radius 1 is 1.31 bits per heavy atom. The van der Waals surface area contributed by atoms with Crippen LogP contribution in [0.25, 0.3) is 0 Å². The van der Waals surface area contributed by atoms with E-state index in [0.29, 0.717) is 12.3 Å². The Morgan fingerprint density at radius 3 is 2.81 bits per heavy atom. The highest BCUT2D eigenvalue weighted by Gasteiger charge is 2.48. The van der Waals surface area contributed by atoms with Crippen molar-refractivity contribution in [1.29, 1.82) is 0 Å². The Labute approximate surface area is 97.4 Å². The fourth-order valence-corrected chi connectivity index (χ4v) is 2.87. The number of hydrogen-bond acceptors (Lipinski definition) is 3. The van der Waals surface area contributed by atoms with E-state index >= 15 is 0 Å². The van der Waals surface area contributed by atoms with Crippen molar-refractivity contribution in [3.8, 4) is 0 Å². The number of epoxide rings is 1. The Balaban J connectivity index is 1.51. The third kappa shape index (κ3) is 2.17. The van der Waals surface area contributed by atoms with Crippen molar-refractivity contribution in [2.75, 3.05) is 26.3 Å². The molecule has 3 rings (SSSR count). The van der Waals surface area contributed by atoms with Crippen LogP contribution < -0.4 is 0 Å². The SMILES string of the molecule is CC1=CCC(C2OC2N2CCOCC2)CC1. The molecular formula is C13H21NO2. The molecule has 3 aliphatic rings. The molecule has 0 radical (unpaired) electrons. The summed E-state index contributed by atoms with van der Waals surface area (Å²) in [6, 6.07) is 0. The van der Waals surface area contributed by atoms with E-state index in [9.17, 15) is 0 Å². The summed E-state index contributed by atoms with van der Waals surface area (Å²) >= 11 is 0. The minimum atomic E-state index is 0.403. The summed E-state index contributed by atoms with van der Waals surface area (Å²) in [5, 5.41) is 0. The first-order valence-corrected chi connectivity index (χ1v) is 6.47. The van der Waals surface area contributed by atoms with Crippen molar-refractivity contribution in [2.24, 2.45) is 5.92 Å². The van der Waals surface area contributed by atoms with E-state index in [1.54, 1.807) is 5.57 Å². The van der Waals surface area contributed by atoms with Crippen LogP contribution in [0.15, 0.2) is 11.6 Å². The molecule has 3 unspecified atom stereocenters. The lowest BCUT2D eigenvalue weighted by Crippen LogP contribution is -2.39. The molecule has 3 atom stereocenters. The summed E-state index contributed by atoms with van der Waals surface area (Å²) in [5.41, 5.74) is 1.56. The van der Waals surface area contributed by atoms with Crippen molar-refractivity contribution in [3.05, 3.63) is 11.6 Å². The van der Waals surface area contributed by atoms with Crippen molar-refractivity contribution in [2.45, 2.75) is 38.5 Å². The molecule has 2 heterocycles. The van der Waals surface area contributed by atoms with Crippen molar-refractivity contribution < 1.29 is 9.47 Å². The molecule has 3 nitrogen and oxygen atoms in total. The molecule has 0 spiro atoms. The van der Waals surface area contributed by atoms with Gasteiger partial charge in [-0.15, -0.1) is 0 Å². The molecule has 2 aliphatic heterocycles. The molecule has 0 aromatic heterocycles. The summed E-state index contributed by atoms with van der Waals surface area (Å²) in [6.45, 7) is 6.07. The van der Waals surface area contributed by atoms with Crippen molar-refractivity contribution >= 4 is 0 Å².